The van der Waals surface area contributed by atoms with Gasteiger partial charge in [-0.05, 0) is 60.9 Å². The van der Waals surface area contributed by atoms with Crippen LogP contribution in [0.15, 0.2) is 88.9 Å². The van der Waals surface area contributed by atoms with Gasteiger partial charge in [0.15, 0.2) is 0 Å². The van der Waals surface area contributed by atoms with Gasteiger partial charge >= 0.3 is 0 Å². The lowest BCUT2D eigenvalue weighted by atomic mass is 10.1. The molecular weight excluding hydrogens is 414 g/mol. The lowest BCUT2D eigenvalue weighted by molar-refractivity contribution is -0.122. The molecular formula is C23H23N3O4S. The molecule has 3 rings (SSSR count). The Kier molecular flexibility index (Phi) is 7.17. The van der Waals surface area contributed by atoms with Gasteiger partial charge in [-0.25, -0.2) is 13.8 Å². The molecule has 1 amide bonds. The number of phenols is 1. The first-order chi connectivity index (χ1) is 14.8. The molecule has 0 saturated carbocycles. The number of hydrogen-bond donors (Lipinski definition) is 3. The fraction of sp³-hybridized carbons (Fsp3) is 0.130. The highest BCUT2D eigenvalue weighted by molar-refractivity contribution is 7.89. The maximum absolute atomic E-state index is 12.8. The molecule has 3 aromatic rings. The monoisotopic (exact) mass is 437 g/mol. The van der Waals surface area contributed by atoms with Crippen LogP contribution in [0.5, 0.6) is 5.75 Å². The number of hydrazone groups is 1. The average molecular weight is 438 g/mol. The van der Waals surface area contributed by atoms with Gasteiger partial charge in [0, 0.05) is 0 Å². The summed E-state index contributed by atoms with van der Waals surface area (Å²) in [5.41, 5.74) is 4.79. The lowest BCUT2D eigenvalue weighted by Gasteiger charge is -2.17. The van der Waals surface area contributed by atoms with Crippen molar-refractivity contribution in [1.82, 2.24) is 10.1 Å². The van der Waals surface area contributed by atoms with Gasteiger partial charge in [0.05, 0.1) is 11.1 Å². The second-order valence-corrected chi connectivity index (χ2v) is 8.72. The smallest absolute Gasteiger partial charge is 0.258 e. The fourth-order valence-corrected chi connectivity index (χ4v) is 4.01. The predicted octanol–water partition coefficient (Wildman–Crippen LogP) is 2.74. The highest BCUT2D eigenvalue weighted by atomic mass is 32.2. The molecule has 0 bridgehead atoms. The van der Waals surface area contributed by atoms with E-state index in [0.717, 1.165) is 11.1 Å². The minimum Gasteiger partial charge on any atom is -0.508 e. The average Bonchev–Trinajstić information content (AvgIpc) is 2.75. The van der Waals surface area contributed by atoms with Crippen LogP contribution in [0.25, 0.3) is 0 Å². The Morgan fingerprint density at radius 3 is 2.29 bits per heavy atom. The summed E-state index contributed by atoms with van der Waals surface area (Å²) in [5, 5.41) is 13.2. The molecule has 31 heavy (non-hydrogen) atoms. The van der Waals surface area contributed by atoms with Crippen LogP contribution < -0.4 is 10.1 Å². The van der Waals surface area contributed by atoms with Gasteiger partial charge in [-0.15, -0.1) is 0 Å². The van der Waals surface area contributed by atoms with E-state index in [9.17, 15) is 18.3 Å². The van der Waals surface area contributed by atoms with Crippen molar-refractivity contribution in [3.63, 3.8) is 0 Å². The molecule has 8 heteroatoms. The molecule has 0 aliphatic rings. The summed E-state index contributed by atoms with van der Waals surface area (Å²) in [7, 11) is -3.91. The molecule has 3 N–H and O–H groups in total. The molecule has 7 nitrogen and oxygen atoms in total. The number of rotatable bonds is 8. The van der Waals surface area contributed by atoms with E-state index in [4.69, 9.17) is 0 Å². The van der Waals surface area contributed by atoms with Crippen molar-refractivity contribution in [1.29, 1.82) is 0 Å². The van der Waals surface area contributed by atoms with E-state index >= 15 is 0 Å². The summed E-state index contributed by atoms with van der Waals surface area (Å²) >= 11 is 0. The molecule has 0 aromatic heterocycles. The van der Waals surface area contributed by atoms with Gasteiger partial charge in [-0.1, -0.05) is 48.0 Å². The number of sulfonamides is 1. The molecule has 1 atom stereocenters. The zero-order chi connectivity index (χ0) is 22.3. The SMILES string of the molecule is Cc1ccc(S(=O)(=O)NC(Cc2ccccc2)C(=O)N/N=C/c2ccc(O)cc2)cc1. The number of hydrogen-bond acceptors (Lipinski definition) is 5. The third-order valence-corrected chi connectivity index (χ3v) is 6.00. The number of phenolic OH excluding ortho intramolecular Hbond substituents is 1. The summed E-state index contributed by atoms with van der Waals surface area (Å²) in [4.78, 5) is 12.8. The van der Waals surface area contributed by atoms with Gasteiger partial charge in [-0.3, -0.25) is 4.79 Å². The number of aryl methyl sites for hydroxylation is 1. The quantitative estimate of drug-likeness (QED) is 0.372. The van der Waals surface area contributed by atoms with E-state index in [1.807, 2.05) is 37.3 Å². The largest absolute Gasteiger partial charge is 0.508 e. The Bertz CT molecular complexity index is 1140. The Balaban J connectivity index is 1.77. The molecule has 0 radical (unpaired) electrons. The van der Waals surface area contributed by atoms with E-state index in [2.05, 4.69) is 15.2 Å². The molecule has 0 spiro atoms. The molecule has 0 fully saturated rings. The fourth-order valence-electron chi connectivity index (χ4n) is 2.82. The first-order valence-corrected chi connectivity index (χ1v) is 11.1. The van der Waals surface area contributed by atoms with Crippen LogP contribution in [0.3, 0.4) is 0 Å². The van der Waals surface area contributed by atoms with E-state index in [1.54, 1.807) is 24.3 Å². The summed E-state index contributed by atoms with van der Waals surface area (Å²) in [5.74, 6) is -0.468. The third-order valence-electron chi connectivity index (χ3n) is 4.51. The number of carbonyl (C=O) groups is 1. The first kappa shape index (κ1) is 22.2. The van der Waals surface area contributed by atoms with E-state index in [1.165, 1.54) is 30.5 Å². The number of nitrogens with one attached hydrogen (secondary N) is 2. The predicted molar refractivity (Wildman–Crippen MR) is 119 cm³/mol. The van der Waals surface area contributed by atoms with Crippen molar-refractivity contribution in [3.05, 3.63) is 95.6 Å². The van der Waals surface area contributed by atoms with Crippen LogP contribution in [0.1, 0.15) is 16.7 Å². The second-order valence-electron chi connectivity index (χ2n) is 7.00. The topological polar surface area (TPSA) is 108 Å². The van der Waals surface area contributed by atoms with Gasteiger partial charge in [0.1, 0.15) is 11.8 Å². The third kappa shape index (κ3) is 6.50. The van der Waals surface area contributed by atoms with Crippen molar-refractivity contribution >= 4 is 22.1 Å². The molecule has 0 heterocycles. The number of benzene rings is 3. The maximum atomic E-state index is 12.8. The molecule has 0 saturated heterocycles. The number of nitrogens with zero attached hydrogens (tertiary/aromatic N) is 1. The Morgan fingerprint density at radius 2 is 1.65 bits per heavy atom. The minimum absolute atomic E-state index is 0.0801. The second kappa shape index (κ2) is 10.0. The van der Waals surface area contributed by atoms with Crippen LogP contribution in [0.2, 0.25) is 0 Å². The van der Waals surface area contributed by atoms with Crippen LogP contribution >= 0.6 is 0 Å². The van der Waals surface area contributed by atoms with E-state index in [0.29, 0.717) is 5.56 Å². The van der Waals surface area contributed by atoms with Gasteiger partial charge in [-0.2, -0.15) is 9.82 Å². The molecule has 1 unspecified atom stereocenters. The first-order valence-electron chi connectivity index (χ1n) is 9.58. The molecule has 0 aliphatic carbocycles. The van der Waals surface area contributed by atoms with Gasteiger partial charge in [0.2, 0.25) is 10.0 Å². The number of aromatic hydroxyl groups is 1. The van der Waals surface area contributed by atoms with E-state index < -0.39 is 22.0 Å². The van der Waals surface area contributed by atoms with Crippen molar-refractivity contribution in [2.75, 3.05) is 0 Å². The summed E-state index contributed by atoms with van der Waals surface area (Å²) in [6.07, 6.45) is 1.57. The van der Waals surface area contributed by atoms with Gasteiger partial charge < -0.3 is 5.11 Å². The molecule has 0 aliphatic heterocycles. The van der Waals surface area contributed by atoms with Crippen molar-refractivity contribution in [3.8, 4) is 5.75 Å². The van der Waals surface area contributed by atoms with Crippen molar-refractivity contribution in [2.24, 2.45) is 5.10 Å². The molecule has 3 aromatic carbocycles. The normalized spacial score (nSPS) is 12.5. The van der Waals surface area contributed by atoms with Crippen molar-refractivity contribution < 1.29 is 18.3 Å². The maximum Gasteiger partial charge on any atom is 0.258 e. The van der Waals surface area contributed by atoms with E-state index in [-0.39, 0.29) is 17.1 Å². The van der Waals surface area contributed by atoms with Crippen LogP contribution in [-0.2, 0) is 21.2 Å². The summed E-state index contributed by atoms with van der Waals surface area (Å²) in [6.45, 7) is 1.86. The van der Waals surface area contributed by atoms with Crippen LogP contribution in [-0.4, -0.2) is 31.7 Å². The Morgan fingerprint density at radius 1 is 1.00 bits per heavy atom. The van der Waals surface area contributed by atoms with Crippen LogP contribution in [0.4, 0.5) is 0 Å². The minimum atomic E-state index is -3.91. The summed E-state index contributed by atoms with van der Waals surface area (Å²) in [6, 6.07) is 20.7. The zero-order valence-corrected chi connectivity index (χ0v) is 17.7. The van der Waals surface area contributed by atoms with Crippen molar-refractivity contribution in [2.45, 2.75) is 24.3 Å². The standard InChI is InChI=1S/C23H23N3O4S/c1-17-7-13-21(14-8-17)31(29,30)26-22(15-18-5-3-2-4-6-18)23(28)25-24-16-19-9-11-20(27)12-10-19/h2-14,16,22,26-27H,15H2,1H3,(H,25,28)/b24-16+. The highest BCUT2D eigenvalue weighted by Crippen LogP contribution is 2.13. The van der Waals surface area contributed by atoms with Gasteiger partial charge in [0.25, 0.3) is 5.91 Å². The number of amides is 1. The lowest BCUT2D eigenvalue weighted by Crippen LogP contribution is -2.46. The summed E-state index contributed by atoms with van der Waals surface area (Å²) < 4.78 is 28.1. The Hall–Kier alpha value is -3.49. The Labute approximate surface area is 181 Å². The molecule has 160 valence electrons. The highest BCUT2D eigenvalue weighted by Gasteiger charge is 2.26. The van der Waals surface area contributed by atoms with Crippen LogP contribution in [0, 0.1) is 6.92 Å². The number of carbonyl (C=O) groups excluding carboxylic acids is 1. The zero-order valence-electron chi connectivity index (χ0n) is 16.9.